The Morgan fingerprint density at radius 2 is 1.92 bits per heavy atom. The summed E-state index contributed by atoms with van der Waals surface area (Å²) in [4.78, 5) is 24.9. The van der Waals surface area contributed by atoms with Crippen LogP contribution in [0.15, 0.2) is 71.4 Å². The summed E-state index contributed by atoms with van der Waals surface area (Å²) < 4.78 is 5.90. The summed E-state index contributed by atoms with van der Waals surface area (Å²) >= 11 is 3.33. The molecule has 134 valence electrons. The number of methoxy groups -OCH3 is 1. The zero-order valence-electron chi connectivity index (χ0n) is 14.3. The van der Waals surface area contributed by atoms with E-state index < -0.39 is 5.91 Å². The van der Waals surface area contributed by atoms with E-state index in [0.717, 1.165) is 10.0 Å². The Morgan fingerprint density at radius 1 is 1.19 bits per heavy atom. The lowest BCUT2D eigenvalue weighted by Gasteiger charge is -2.11. The lowest BCUT2D eigenvalue weighted by Crippen LogP contribution is -2.34. The molecule has 2 amide bonds. The van der Waals surface area contributed by atoms with E-state index in [1.54, 1.807) is 61.7 Å². The monoisotopic (exact) mass is 414 g/mol. The SMILES string of the molecule is C=CCNC(=O)/C(=C/c1ccc(OC)cc1)NC(=O)c1cccc(Br)c1. The van der Waals surface area contributed by atoms with Crippen molar-refractivity contribution in [1.29, 1.82) is 0 Å². The molecule has 0 aliphatic rings. The Labute approximate surface area is 160 Å². The maximum Gasteiger partial charge on any atom is 0.268 e. The number of nitrogens with one attached hydrogen (secondary N) is 2. The van der Waals surface area contributed by atoms with Crippen LogP contribution in [-0.2, 0) is 4.79 Å². The Kier molecular flexibility index (Phi) is 7.17. The third kappa shape index (κ3) is 5.60. The van der Waals surface area contributed by atoms with Crippen LogP contribution in [0.1, 0.15) is 15.9 Å². The van der Waals surface area contributed by atoms with Crippen LogP contribution in [-0.4, -0.2) is 25.5 Å². The van der Waals surface area contributed by atoms with Gasteiger partial charge in [0, 0.05) is 16.6 Å². The van der Waals surface area contributed by atoms with Crippen molar-refractivity contribution in [1.82, 2.24) is 10.6 Å². The van der Waals surface area contributed by atoms with E-state index in [1.165, 1.54) is 0 Å². The summed E-state index contributed by atoms with van der Waals surface area (Å²) in [5.74, 6) is -0.0677. The average molecular weight is 415 g/mol. The summed E-state index contributed by atoms with van der Waals surface area (Å²) in [5.41, 5.74) is 1.34. The highest BCUT2D eigenvalue weighted by atomic mass is 79.9. The molecule has 0 bridgehead atoms. The predicted octanol–water partition coefficient (Wildman–Crippen LogP) is 3.53. The molecule has 2 N–H and O–H groups in total. The minimum Gasteiger partial charge on any atom is -0.497 e. The van der Waals surface area contributed by atoms with Gasteiger partial charge in [0.1, 0.15) is 11.4 Å². The lowest BCUT2D eigenvalue weighted by atomic mass is 10.1. The molecule has 0 aliphatic heterocycles. The molecule has 0 aromatic heterocycles. The highest BCUT2D eigenvalue weighted by Crippen LogP contribution is 2.15. The number of hydrogen-bond acceptors (Lipinski definition) is 3. The van der Waals surface area contributed by atoms with Gasteiger partial charge in [-0.15, -0.1) is 6.58 Å². The maximum absolute atomic E-state index is 12.5. The quantitative estimate of drug-likeness (QED) is 0.537. The lowest BCUT2D eigenvalue weighted by molar-refractivity contribution is -0.117. The molecule has 0 unspecified atom stereocenters. The molecule has 0 fully saturated rings. The van der Waals surface area contributed by atoms with Gasteiger partial charge in [-0.3, -0.25) is 9.59 Å². The third-order valence-corrected chi connectivity index (χ3v) is 3.91. The van der Waals surface area contributed by atoms with Crippen molar-refractivity contribution < 1.29 is 14.3 Å². The smallest absolute Gasteiger partial charge is 0.268 e. The fraction of sp³-hybridized carbons (Fsp3) is 0.100. The standard InChI is InChI=1S/C20H19BrN2O3/c1-3-11-22-20(25)18(12-14-7-9-17(26-2)10-8-14)23-19(24)15-5-4-6-16(21)13-15/h3-10,12-13H,1,11H2,2H3,(H,22,25)(H,23,24)/b18-12-. The number of rotatable bonds is 7. The number of carbonyl (C=O) groups is 2. The van der Waals surface area contributed by atoms with E-state index in [2.05, 4.69) is 33.1 Å². The molecule has 0 heterocycles. The van der Waals surface area contributed by atoms with E-state index in [4.69, 9.17) is 4.74 Å². The van der Waals surface area contributed by atoms with Gasteiger partial charge in [-0.25, -0.2) is 0 Å². The Balaban J connectivity index is 2.27. The van der Waals surface area contributed by atoms with Crippen LogP contribution in [0.25, 0.3) is 6.08 Å². The molecule has 0 atom stereocenters. The third-order valence-electron chi connectivity index (χ3n) is 3.41. The normalized spacial score (nSPS) is 10.8. The van der Waals surface area contributed by atoms with Crippen molar-refractivity contribution in [2.24, 2.45) is 0 Å². The molecule has 2 aromatic rings. The van der Waals surface area contributed by atoms with E-state index in [-0.39, 0.29) is 11.6 Å². The van der Waals surface area contributed by atoms with Crippen molar-refractivity contribution in [2.75, 3.05) is 13.7 Å². The second-order valence-electron chi connectivity index (χ2n) is 5.29. The second kappa shape index (κ2) is 9.58. The molecule has 0 aliphatic carbocycles. The molecular formula is C20H19BrN2O3. The molecule has 26 heavy (non-hydrogen) atoms. The molecule has 6 heteroatoms. The Bertz CT molecular complexity index is 829. The van der Waals surface area contributed by atoms with Crippen molar-refractivity contribution in [3.05, 3.63) is 82.5 Å². The van der Waals surface area contributed by atoms with Crippen LogP contribution in [0.4, 0.5) is 0 Å². The van der Waals surface area contributed by atoms with Gasteiger partial charge in [-0.1, -0.05) is 40.2 Å². The predicted molar refractivity (Wildman–Crippen MR) is 106 cm³/mol. The van der Waals surface area contributed by atoms with E-state index >= 15 is 0 Å². The highest BCUT2D eigenvalue weighted by Gasteiger charge is 2.14. The van der Waals surface area contributed by atoms with Crippen LogP contribution in [0.2, 0.25) is 0 Å². The molecule has 2 rings (SSSR count). The van der Waals surface area contributed by atoms with Crippen LogP contribution in [0, 0.1) is 0 Å². The first-order valence-corrected chi connectivity index (χ1v) is 8.64. The fourth-order valence-electron chi connectivity index (χ4n) is 2.11. The van der Waals surface area contributed by atoms with Crippen LogP contribution in [0.5, 0.6) is 5.75 Å². The number of benzene rings is 2. The minimum atomic E-state index is -0.399. The highest BCUT2D eigenvalue weighted by molar-refractivity contribution is 9.10. The molecule has 0 saturated heterocycles. The van der Waals surface area contributed by atoms with Gasteiger partial charge >= 0.3 is 0 Å². The number of halogens is 1. The van der Waals surface area contributed by atoms with Crippen LogP contribution in [0.3, 0.4) is 0 Å². The molecular weight excluding hydrogens is 396 g/mol. The number of amides is 2. The van der Waals surface area contributed by atoms with Crippen molar-refractivity contribution >= 4 is 33.8 Å². The summed E-state index contributed by atoms with van der Waals surface area (Å²) in [6.45, 7) is 3.87. The van der Waals surface area contributed by atoms with Gasteiger partial charge in [0.05, 0.1) is 7.11 Å². The molecule has 5 nitrogen and oxygen atoms in total. The largest absolute Gasteiger partial charge is 0.497 e. The molecule has 0 spiro atoms. The van der Waals surface area contributed by atoms with E-state index in [0.29, 0.717) is 17.9 Å². The summed E-state index contributed by atoms with van der Waals surface area (Å²) in [6.07, 6.45) is 3.17. The first kappa shape index (κ1) is 19.5. The second-order valence-corrected chi connectivity index (χ2v) is 6.21. The number of carbonyl (C=O) groups excluding carboxylic acids is 2. The zero-order chi connectivity index (χ0) is 18.9. The first-order chi connectivity index (χ1) is 12.5. The Hall–Kier alpha value is -2.86. The first-order valence-electron chi connectivity index (χ1n) is 7.85. The van der Waals surface area contributed by atoms with Gasteiger partial charge in [0.25, 0.3) is 11.8 Å². The fourth-order valence-corrected chi connectivity index (χ4v) is 2.51. The van der Waals surface area contributed by atoms with Crippen LogP contribution < -0.4 is 15.4 Å². The summed E-state index contributed by atoms with van der Waals surface area (Å²) in [7, 11) is 1.58. The zero-order valence-corrected chi connectivity index (χ0v) is 15.9. The van der Waals surface area contributed by atoms with Gasteiger partial charge < -0.3 is 15.4 Å². The number of ether oxygens (including phenoxy) is 1. The topological polar surface area (TPSA) is 67.4 Å². The molecule has 2 aromatic carbocycles. The summed E-state index contributed by atoms with van der Waals surface area (Å²) in [5, 5.41) is 5.34. The van der Waals surface area contributed by atoms with Gasteiger partial charge in [0.15, 0.2) is 0 Å². The van der Waals surface area contributed by atoms with Gasteiger partial charge in [0.2, 0.25) is 0 Å². The van der Waals surface area contributed by atoms with Crippen molar-refractivity contribution in [3.63, 3.8) is 0 Å². The van der Waals surface area contributed by atoms with E-state index in [1.807, 2.05) is 6.07 Å². The Morgan fingerprint density at radius 3 is 2.54 bits per heavy atom. The minimum absolute atomic E-state index is 0.141. The average Bonchev–Trinajstić information content (AvgIpc) is 2.66. The van der Waals surface area contributed by atoms with Crippen molar-refractivity contribution in [3.8, 4) is 5.75 Å². The molecule has 0 radical (unpaired) electrons. The van der Waals surface area contributed by atoms with Gasteiger partial charge in [-0.2, -0.15) is 0 Å². The number of hydrogen-bond donors (Lipinski definition) is 2. The van der Waals surface area contributed by atoms with Crippen LogP contribution >= 0.6 is 15.9 Å². The van der Waals surface area contributed by atoms with Gasteiger partial charge in [-0.05, 0) is 42.0 Å². The van der Waals surface area contributed by atoms with E-state index in [9.17, 15) is 9.59 Å². The van der Waals surface area contributed by atoms with Crippen molar-refractivity contribution in [2.45, 2.75) is 0 Å². The summed E-state index contributed by atoms with van der Waals surface area (Å²) in [6, 6.07) is 14.1. The molecule has 0 saturated carbocycles. The maximum atomic E-state index is 12.5.